The molecule has 3 rings (SSSR count). The highest BCUT2D eigenvalue weighted by molar-refractivity contribution is 6.30. The van der Waals surface area contributed by atoms with Crippen molar-refractivity contribution in [1.82, 2.24) is 0 Å². The van der Waals surface area contributed by atoms with E-state index in [2.05, 4.69) is 10.3 Å². The van der Waals surface area contributed by atoms with Crippen molar-refractivity contribution in [1.29, 1.82) is 0 Å². The Morgan fingerprint density at radius 3 is 1.72 bits per heavy atom. The Hall–Kier alpha value is -3.26. The highest BCUT2D eigenvalue weighted by Gasteiger charge is 2.30. The van der Waals surface area contributed by atoms with Crippen molar-refractivity contribution in [2.24, 2.45) is 4.99 Å². The summed E-state index contributed by atoms with van der Waals surface area (Å²) in [5.41, 5.74) is 0.327. The Morgan fingerprint density at radius 1 is 0.719 bits per heavy atom. The largest absolute Gasteiger partial charge is 0.416 e. The SMILES string of the molecule is FC(F)(F)c1ccc(N=C/C=C(\Nc2ccc(C(F)(F)F)cc2)c2ccc(Cl)cc2)cc1. The van der Waals surface area contributed by atoms with Crippen molar-refractivity contribution in [2.45, 2.75) is 12.4 Å². The number of aliphatic imine (C=N–C) groups is 1. The third kappa shape index (κ3) is 6.37. The van der Waals surface area contributed by atoms with E-state index in [4.69, 9.17) is 11.6 Å². The molecule has 0 aliphatic rings. The molecule has 1 N–H and O–H groups in total. The van der Waals surface area contributed by atoms with Gasteiger partial charge in [-0.2, -0.15) is 26.3 Å². The van der Waals surface area contributed by atoms with Crippen LogP contribution >= 0.6 is 11.6 Å². The highest BCUT2D eigenvalue weighted by atomic mass is 35.5. The molecule has 166 valence electrons. The Bertz CT molecular complexity index is 1100. The van der Waals surface area contributed by atoms with E-state index in [1.54, 1.807) is 30.3 Å². The second-order valence-electron chi connectivity index (χ2n) is 6.61. The minimum Gasteiger partial charge on any atom is -0.355 e. The van der Waals surface area contributed by atoms with Gasteiger partial charge in [-0.3, -0.25) is 4.99 Å². The summed E-state index contributed by atoms with van der Waals surface area (Å²) in [6, 6.07) is 15.5. The first-order chi connectivity index (χ1) is 15.0. The summed E-state index contributed by atoms with van der Waals surface area (Å²) in [4.78, 5) is 4.12. The van der Waals surface area contributed by atoms with E-state index in [0.717, 1.165) is 24.3 Å². The molecule has 3 aromatic carbocycles. The smallest absolute Gasteiger partial charge is 0.355 e. The Labute approximate surface area is 184 Å². The molecule has 32 heavy (non-hydrogen) atoms. The number of nitrogens with zero attached hydrogens (tertiary/aromatic N) is 1. The molecule has 0 radical (unpaired) electrons. The molecule has 0 amide bonds. The Kier molecular flexibility index (Phi) is 6.93. The van der Waals surface area contributed by atoms with Gasteiger partial charge in [0.15, 0.2) is 0 Å². The second kappa shape index (κ2) is 9.48. The van der Waals surface area contributed by atoms with Crippen LogP contribution in [0.15, 0.2) is 83.9 Å². The maximum atomic E-state index is 12.8. The molecule has 0 saturated heterocycles. The molecule has 2 nitrogen and oxygen atoms in total. The molecule has 0 saturated carbocycles. The number of rotatable bonds is 5. The predicted molar refractivity (Wildman–Crippen MR) is 114 cm³/mol. The van der Waals surface area contributed by atoms with Crippen LogP contribution in [0.4, 0.5) is 37.7 Å². The molecule has 0 bridgehead atoms. The van der Waals surface area contributed by atoms with Crippen LogP contribution in [0.3, 0.4) is 0 Å². The average molecular weight is 469 g/mol. The van der Waals surface area contributed by atoms with Crippen molar-refractivity contribution in [3.8, 4) is 0 Å². The summed E-state index contributed by atoms with van der Waals surface area (Å²) >= 11 is 5.91. The van der Waals surface area contributed by atoms with Gasteiger partial charge < -0.3 is 5.32 Å². The van der Waals surface area contributed by atoms with Crippen LogP contribution in [0.1, 0.15) is 16.7 Å². The van der Waals surface area contributed by atoms with E-state index in [1.807, 2.05) is 0 Å². The molecule has 0 aliphatic carbocycles. The summed E-state index contributed by atoms with van der Waals surface area (Å²) in [6.07, 6.45) is -5.95. The monoisotopic (exact) mass is 468 g/mol. The van der Waals surface area contributed by atoms with Gasteiger partial charge >= 0.3 is 12.4 Å². The van der Waals surface area contributed by atoms with Crippen LogP contribution in [0.2, 0.25) is 5.02 Å². The normalized spacial score (nSPS) is 12.9. The van der Waals surface area contributed by atoms with Crippen molar-refractivity contribution in [3.63, 3.8) is 0 Å². The van der Waals surface area contributed by atoms with Crippen LogP contribution in [-0.4, -0.2) is 6.21 Å². The molecule has 0 unspecified atom stereocenters. The maximum absolute atomic E-state index is 12.8. The van der Waals surface area contributed by atoms with E-state index in [-0.39, 0.29) is 0 Å². The molecule has 0 aliphatic heterocycles. The lowest BCUT2D eigenvalue weighted by atomic mass is 10.1. The Balaban J connectivity index is 1.85. The molecule has 0 spiro atoms. The molecule has 9 heteroatoms. The number of nitrogens with one attached hydrogen (secondary N) is 1. The summed E-state index contributed by atoms with van der Waals surface area (Å²) in [7, 11) is 0. The first-order valence-electron chi connectivity index (χ1n) is 9.14. The molecular formula is C23H15ClF6N2. The van der Waals surface area contributed by atoms with Crippen LogP contribution in [0.25, 0.3) is 5.70 Å². The molecule has 0 heterocycles. The summed E-state index contributed by atoms with van der Waals surface area (Å²) in [6.45, 7) is 0. The van der Waals surface area contributed by atoms with E-state index >= 15 is 0 Å². The third-order valence-electron chi connectivity index (χ3n) is 4.31. The van der Waals surface area contributed by atoms with E-state index in [0.29, 0.717) is 27.7 Å². The zero-order valence-electron chi connectivity index (χ0n) is 16.2. The summed E-state index contributed by atoms with van der Waals surface area (Å²) < 4.78 is 76.3. The lowest BCUT2D eigenvalue weighted by molar-refractivity contribution is -0.138. The lowest BCUT2D eigenvalue weighted by Crippen LogP contribution is -2.05. The number of halogens is 7. The minimum absolute atomic E-state index is 0.305. The third-order valence-corrected chi connectivity index (χ3v) is 4.56. The zero-order chi connectivity index (χ0) is 23.4. The van der Waals surface area contributed by atoms with Gasteiger partial charge in [-0.05, 0) is 72.3 Å². The molecule has 0 aromatic heterocycles. The standard InChI is InChI=1S/C23H15ClF6N2/c24-18-7-1-15(2-8-18)21(32-20-11-5-17(6-12-20)23(28,29)30)13-14-31-19-9-3-16(4-10-19)22(25,26)27/h1-14,32H/b21-13-,31-14?. The predicted octanol–water partition coefficient (Wildman–Crippen LogP) is 8.23. The zero-order valence-corrected chi connectivity index (χ0v) is 16.9. The van der Waals surface area contributed by atoms with Gasteiger partial charge in [-0.25, -0.2) is 0 Å². The molecule has 0 fully saturated rings. The second-order valence-corrected chi connectivity index (χ2v) is 7.05. The molecule has 0 atom stereocenters. The first-order valence-corrected chi connectivity index (χ1v) is 9.52. The fraction of sp³-hybridized carbons (Fsp3) is 0.0870. The summed E-state index contributed by atoms with van der Waals surface area (Å²) in [5.74, 6) is 0. The van der Waals surface area contributed by atoms with Crippen molar-refractivity contribution in [3.05, 3.63) is 101 Å². The fourth-order valence-electron chi connectivity index (χ4n) is 2.67. The number of alkyl halides is 6. The number of hydrogen-bond acceptors (Lipinski definition) is 2. The van der Waals surface area contributed by atoms with E-state index < -0.39 is 23.5 Å². The van der Waals surface area contributed by atoms with Crippen molar-refractivity contribution >= 4 is 34.9 Å². The van der Waals surface area contributed by atoms with Crippen LogP contribution < -0.4 is 5.32 Å². The van der Waals surface area contributed by atoms with Gasteiger partial charge in [0.2, 0.25) is 0 Å². The van der Waals surface area contributed by atoms with Gasteiger partial charge in [0.1, 0.15) is 0 Å². The quantitative estimate of drug-likeness (QED) is 0.296. The van der Waals surface area contributed by atoms with Crippen molar-refractivity contribution < 1.29 is 26.3 Å². The Morgan fingerprint density at radius 2 is 1.22 bits per heavy atom. The average Bonchev–Trinajstić information content (AvgIpc) is 2.73. The van der Waals surface area contributed by atoms with Crippen LogP contribution in [-0.2, 0) is 12.4 Å². The number of anilines is 1. The lowest BCUT2D eigenvalue weighted by Gasteiger charge is -2.13. The van der Waals surface area contributed by atoms with Crippen LogP contribution in [0, 0.1) is 0 Å². The van der Waals surface area contributed by atoms with Gasteiger partial charge in [0.25, 0.3) is 0 Å². The highest BCUT2D eigenvalue weighted by Crippen LogP contribution is 2.31. The molecular weight excluding hydrogens is 454 g/mol. The summed E-state index contributed by atoms with van der Waals surface area (Å²) in [5, 5.41) is 3.52. The topological polar surface area (TPSA) is 24.4 Å². The number of hydrogen-bond donors (Lipinski definition) is 1. The van der Waals surface area contributed by atoms with Gasteiger partial charge in [0, 0.05) is 22.6 Å². The van der Waals surface area contributed by atoms with Gasteiger partial charge in [-0.15, -0.1) is 0 Å². The van der Waals surface area contributed by atoms with E-state index in [9.17, 15) is 26.3 Å². The molecule has 3 aromatic rings. The van der Waals surface area contributed by atoms with Crippen LogP contribution in [0.5, 0.6) is 0 Å². The fourth-order valence-corrected chi connectivity index (χ4v) is 2.80. The van der Waals surface area contributed by atoms with Crippen molar-refractivity contribution in [2.75, 3.05) is 5.32 Å². The van der Waals surface area contributed by atoms with Gasteiger partial charge in [-0.1, -0.05) is 23.7 Å². The van der Waals surface area contributed by atoms with Gasteiger partial charge in [0.05, 0.1) is 16.8 Å². The maximum Gasteiger partial charge on any atom is 0.416 e. The number of benzene rings is 3. The first kappa shape index (κ1) is 23.4. The number of allylic oxidation sites excluding steroid dienone is 1. The minimum atomic E-state index is -4.44. The van der Waals surface area contributed by atoms with E-state index in [1.165, 1.54) is 30.5 Å².